The van der Waals surface area contributed by atoms with Crippen LogP contribution < -0.4 is 10.6 Å². The molecule has 4 N–H and O–H groups in total. The smallest absolute Gasteiger partial charge is 0.350 e. The number of aryl methyl sites for hydroxylation is 1. The van der Waals surface area contributed by atoms with E-state index in [2.05, 4.69) is 10.6 Å². The van der Waals surface area contributed by atoms with E-state index in [1.807, 2.05) is 0 Å². The first-order valence-corrected chi connectivity index (χ1v) is 30.0. The molecule has 22 heteroatoms. The minimum Gasteiger partial charge on any atom is -0.481 e. The van der Waals surface area contributed by atoms with Gasteiger partial charge in [0.1, 0.15) is 42.1 Å². The number of aliphatic carboxylic acids is 1. The average molecular weight is 1200 g/mol. The SMILES string of the molecule is CC(=O)O[C@H]1C(=O)[C@]2(C)[C@@H](OC(=O)C3CCCC3)C[C@H]3OC[C@@]3(OC(C)=O)[C@H]2[C@H](OC(=O)c2ccccc2)[C@]2(O)C[C@H](OC(=O)[C@H](OC(=O)C3CCCC3)[C@@H](NC(=O)[C@@H](CCC(=O)O)NC(=O)c3sccc3C)c3ccccc3)C(C)=C1C2(C)C. The number of thiophene rings is 1. The van der Waals surface area contributed by atoms with Crippen LogP contribution in [0.15, 0.2) is 83.3 Å². The monoisotopic (exact) mass is 1190 g/mol. The van der Waals surface area contributed by atoms with Crippen LogP contribution in [-0.2, 0) is 71.5 Å². The van der Waals surface area contributed by atoms with Gasteiger partial charge in [-0.1, -0.05) is 88.1 Å². The first-order chi connectivity index (χ1) is 40.3. The number of carboxylic acids is 1. The Labute approximate surface area is 496 Å². The van der Waals surface area contributed by atoms with Gasteiger partial charge in [-0.15, -0.1) is 11.3 Å². The lowest BCUT2D eigenvalue weighted by molar-refractivity contribution is -0.346. The van der Waals surface area contributed by atoms with Gasteiger partial charge in [-0.3, -0.25) is 38.4 Å². The summed E-state index contributed by atoms with van der Waals surface area (Å²) in [7, 11) is 0. The van der Waals surface area contributed by atoms with Crippen molar-refractivity contribution < 1.29 is 91.3 Å². The van der Waals surface area contributed by atoms with Gasteiger partial charge in [0.25, 0.3) is 5.91 Å². The van der Waals surface area contributed by atoms with Crippen LogP contribution in [-0.4, -0.2) is 130 Å². The molecule has 456 valence electrons. The summed E-state index contributed by atoms with van der Waals surface area (Å²) in [5.41, 5.74) is -7.61. The van der Waals surface area contributed by atoms with E-state index in [0.29, 0.717) is 44.1 Å². The summed E-state index contributed by atoms with van der Waals surface area (Å²) in [4.78, 5) is 144. The third-order valence-corrected chi connectivity index (χ3v) is 19.6. The molecule has 0 spiro atoms. The first-order valence-electron chi connectivity index (χ1n) is 29.1. The fraction of sp³-hybridized carbons (Fsp3) is 0.556. The maximum absolute atomic E-state index is 16.5. The predicted octanol–water partition coefficient (Wildman–Crippen LogP) is 6.94. The van der Waals surface area contributed by atoms with Crippen LogP contribution in [0.1, 0.15) is 156 Å². The zero-order chi connectivity index (χ0) is 61.3. The Bertz CT molecular complexity index is 3130. The first kappa shape index (κ1) is 62.2. The van der Waals surface area contributed by atoms with Crippen molar-refractivity contribution in [3.63, 3.8) is 0 Å². The highest BCUT2D eigenvalue weighted by atomic mass is 32.1. The summed E-state index contributed by atoms with van der Waals surface area (Å²) < 4.78 is 44.4. The van der Waals surface area contributed by atoms with Gasteiger partial charge in [0.05, 0.1) is 40.2 Å². The fourth-order valence-corrected chi connectivity index (χ4v) is 14.8. The highest BCUT2D eigenvalue weighted by molar-refractivity contribution is 7.12. The zero-order valence-corrected chi connectivity index (χ0v) is 49.5. The van der Waals surface area contributed by atoms with E-state index in [-0.39, 0.29) is 33.6 Å². The van der Waals surface area contributed by atoms with Crippen molar-refractivity contribution in [2.75, 3.05) is 6.61 Å². The number of nitrogens with one attached hydrogen (secondary N) is 2. The molecule has 21 nitrogen and oxygen atoms in total. The normalized spacial score (nSPS) is 28.9. The van der Waals surface area contributed by atoms with Crippen molar-refractivity contribution in [2.45, 2.75) is 185 Å². The van der Waals surface area contributed by atoms with Crippen molar-refractivity contribution in [2.24, 2.45) is 28.6 Å². The average Bonchev–Trinajstić information content (AvgIpc) is 0.947. The van der Waals surface area contributed by atoms with Crippen LogP contribution in [0.4, 0.5) is 0 Å². The van der Waals surface area contributed by atoms with Gasteiger partial charge in [-0.2, -0.15) is 0 Å². The molecule has 2 amide bonds. The van der Waals surface area contributed by atoms with Crippen LogP contribution in [0.3, 0.4) is 0 Å². The molecular formula is C63H74N2O19S. The molecule has 1 aromatic heterocycles. The number of fused-ring (bicyclic) bond motifs is 5. The summed E-state index contributed by atoms with van der Waals surface area (Å²) in [6.07, 6.45) is -7.30. The van der Waals surface area contributed by atoms with E-state index in [1.165, 1.54) is 26.0 Å². The van der Waals surface area contributed by atoms with Crippen molar-refractivity contribution >= 4 is 70.7 Å². The van der Waals surface area contributed by atoms with Gasteiger partial charge in [0.15, 0.2) is 17.5 Å². The van der Waals surface area contributed by atoms with E-state index in [1.54, 1.807) is 80.7 Å². The zero-order valence-electron chi connectivity index (χ0n) is 48.7. The second-order valence-electron chi connectivity index (χ2n) is 24.2. The molecule has 1 saturated heterocycles. The third kappa shape index (κ3) is 12.0. The molecular weight excluding hydrogens is 1120 g/mol. The molecule has 5 aliphatic carbocycles. The number of rotatable bonds is 19. The number of benzene rings is 2. The van der Waals surface area contributed by atoms with Gasteiger partial charge in [0.2, 0.25) is 12.0 Å². The molecule has 2 aromatic carbocycles. The van der Waals surface area contributed by atoms with E-state index >= 15 is 9.59 Å². The van der Waals surface area contributed by atoms with Crippen LogP contribution in [0.25, 0.3) is 0 Å². The number of esters is 6. The fourth-order valence-electron chi connectivity index (χ4n) is 14.0. The molecule has 0 radical (unpaired) electrons. The Morgan fingerprint density at radius 2 is 1.40 bits per heavy atom. The standard InChI is InChI=1S/C63H74N2O19S/c1-33-28-29-85-50(33)55(72)64-41(26-27-45(68)69)54(71)65-47(37-18-10-8-11-19-37)49(82-57(74)39-24-16-17-25-39)59(76)80-42-31-63(77)53(83-58(75)40-20-12-9-13-21-40)51-61(7,52(70)48(79-35(3)66)46(34(42)2)60(63,5)6)43(81-56(73)38-22-14-15-23-38)30-44-62(51,32-78-44)84-36(4)67/h8-13,18-21,28-29,38-39,41-44,47-49,51,53,77H,14-17,22-27,30-32H2,1-7H3,(H,64,72)(H,65,71)(H,68,69)/t41-,42+,43+,44-,47+,48-,49-,51+,53+,61-,62+,63-/m1/s1. The van der Waals surface area contributed by atoms with Gasteiger partial charge < -0.3 is 54.0 Å². The van der Waals surface area contributed by atoms with E-state index < -0.39 is 174 Å². The van der Waals surface area contributed by atoms with Crippen molar-refractivity contribution in [3.8, 4) is 0 Å². The molecule has 6 aliphatic rings. The second kappa shape index (κ2) is 25.0. The molecule has 2 bridgehead atoms. The number of hydrogen-bond acceptors (Lipinski definition) is 19. The van der Waals surface area contributed by atoms with Gasteiger partial charge >= 0.3 is 41.8 Å². The largest absolute Gasteiger partial charge is 0.481 e. The molecule has 4 saturated carbocycles. The summed E-state index contributed by atoms with van der Waals surface area (Å²) in [5, 5.41) is 31.2. The summed E-state index contributed by atoms with van der Waals surface area (Å²) in [6.45, 7) is 9.56. The quantitative estimate of drug-likeness (QED) is 0.0537. The molecule has 5 fully saturated rings. The molecule has 9 rings (SSSR count). The second-order valence-corrected chi connectivity index (χ2v) is 25.1. The van der Waals surface area contributed by atoms with E-state index in [9.17, 15) is 48.6 Å². The molecule has 0 unspecified atom stereocenters. The van der Waals surface area contributed by atoms with Crippen molar-refractivity contribution in [1.29, 1.82) is 0 Å². The molecule has 1 aliphatic heterocycles. The molecule has 3 aromatic rings. The Balaban J connectivity index is 1.20. The predicted molar refractivity (Wildman–Crippen MR) is 301 cm³/mol. The van der Waals surface area contributed by atoms with Crippen molar-refractivity contribution in [3.05, 3.63) is 105 Å². The summed E-state index contributed by atoms with van der Waals surface area (Å²) in [5.74, 6) is -12.1. The van der Waals surface area contributed by atoms with Gasteiger partial charge in [0, 0.05) is 38.5 Å². The van der Waals surface area contributed by atoms with E-state index in [4.69, 9.17) is 33.2 Å². The number of ketones is 1. The van der Waals surface area contributed by atoms with Crippen LogP contribution in [0, 0.1) is 35.5 Å². The lowest BCUT2D eigenvalue weighted by Gasteiger charge is -2.67. The summed E-state index contributed by atoms with van der Waals surface area (Å²) >= 11 is 1.11. The number of carbonyl (C=O) groups excluding carboxylic acids is 9. The summed E-state index contributed by atoms with van der Waals surface area (Å²) in [6, 6.07) is 14.3. The number of aliphatic hydroxyl groups is 1. The maximum Gasteiger partial charge on any atom is 0.350 e. The van der Waals surface area contributed by atoms with Crippen LogP contribution in [0.5, 0.6) is 0 Å². The number of carboxylic acid groups (broad SMARTS) is 1. The minimum atomic E-state index is -2.56. The number of Topliss-reactive ketones (excluding diaryl/α,β-unsaturated/α-hetero) is 1. The van der Waals surface area contributed by atoms with E-state index in [0.717, 1.165) is 38.0 Å². The number of amides is 2. The lowest BCUT2D eigenvalue weighted by Crippen LogP contribution is -2.82. The topological polar surface area (TPSA) is 300 Å². The molecule has 2 heterocycles. The number of hydrogen-bond donors (Lipinski definition) is 4. The molecule has 85 heavy (non-hydrogen) atoms. The van der Waals surface area contributed by atoms with Crippen molar-refractivity contribution in [1.82, 2.24) is 10.6 Å². The van der Waals surface area contributed by atoms with Crippen LogP contribution >= 0.6 is 11.3 Å². The Morgan fingerprint density at radius 1 is 0.776 bits per heavy atom. The third-order valence-electron chi connectivity index (χ3n) is 18.6. The lowest BCUT2D eigenvalue weighted by atomic mass is 9.44. The van der Waals surface area contributed by atoms with Gasteiger partial charge in [-0.05, 0) is 98.7 Å². The van der Waals surface area contributed by atoms with Gasteiger partial charge in [-0.25, -0.2) is 9.59 Å². The Hall–Kier alpha value is -7.30. The highest BCUT2D eigenvalue weighted by Gasteiger charge is 2.79. The Morgan fingerprint density at radius 3 is 1.96 bits per heavy atom. The maximum atomic E-state index is 16.5. The van der Waals surface area contributed by atoms with Crippen LogP contribution in [0.2, 0.25) is 0 Å². The number of carbonyl (C=O) groups is 10. The molecule has 12 atom stereocenters. The highest BCUT2D eigenvalue weighted by Crippen LogP contribution is 2.65. The minimum absolute atomic E-state index is 0.0119. The Kier molecular flexibility index (Phi) is 18.3. The number of ether oxygens (including phenoxy) is 7.